The van der Waals surface area contributed by atoms with E-state index in [0.717, 1.165) is 11.2 Å². The molecule has 1 aliphatic heterocycles. The summed E-state index contributed by atoms with van der Waals surface area (Å²) >= 11 is 0. The number of aromatic nitrogens is 3. The SMILES string of the molecule is c1ccc(N2CCCCC2)cc1.c1cnc2nc[nH]c2c1. The van der Waals surface area contributed by atoms with E-state index >= 15 is 0 Å². The van der Waals surface area contributed by atoms with Crippen LogP contribution in [0.5, 0.6) is 0 Å². The highest BCUT2D eigenvalue weighted by Crippen LogP contribution is 2.18. The molecular weight excluding hydrogens is 260 g/mol. The fourth-order valence-electron chi connectivity index (χ4n) is 2.57. The van der Waals surface area contributed by atoms with Crippen molar-refractivity contribution in [3.05, 3.63) is 55.0 Å². The number of hydrogen-bond donors (Lipinski definition) is 1. The van der Waals surface area contributed by atoms with Gasteiger partial charge in [0.05, 0.1) is 11.8 Å². The summed E-state index contributed by atoms with van der Waals surface area (Å²) in [7, 11) is 0. The van der Waals surface area contributed by atoms with Crippen molar-refractivity contribution in [1.29, 1.82) is 0 Å². The molecule has 0 unspecified atom stereocenters. The number of fused-ring (bicyclic) bond motifs is 1. The van der Waals surface area contributed by atoms with Crippen LogP contribution in [0.4, 0.5) is 5.69 Å². The molecule has 0 bridgehead atoms. The minimum absolute atomic E-state index is 0.775. The van der Waals surface area contributed by atoms with E-state index in [-0.39, 0.29) is 0 Å². The first-order chi connectivity index (χ1) is 10.4. The first-order valence-corrected chi connectivity index (χ1v) is 7.47. The van der Waals surface area contributed by atoms with E-state index in [1.807, 2.05) is 12.1 Å². The van der Waals surface area contributed by atoms with Gasteiger partial charge in [0.2, 0.25) is 0 Å². The van der Waals surface area contributed by atoms with Gasteiger partial charge < -0.3 is 9.88 Å². The minimum atomic E-state index is 0.775. The number of imidazole rings is 1. The normalized spacial score (nSPS) is 14.6. The molecule has 1 aliphatic rings. The molecular formula is C17H20N4. The topological polar surface area (TPSA) is 44.8 Å². The molecule has 4 nitrogen and oxygen atoms in total. The summed E-state index contributed by atoms with van der Waals surface area (Å²) in [5.74, 6) is 0. The molecule has 3 aromatic rings. The molecule has 1 aromatic carbocycles. The van der Waals surface area contributed by atoms with E-state index in [9.17, 15) is 0 Å². The molecule has 108 valence electrons. The molecule has 0 spiro atoms. The molecule has 1 saturated heterocycles. The van der Waals surface area contributed by atoms with Gasteiger partial charge in [0.1, 0.15) is 0 Å². The van der Waals surface area contributed by atoms with Crippen molar-refractivity contribution in [1.82, 2.24) is 15.0 Å². The number of nitrogens with zero attached hydrogens (tertiary/aromatic N) is 3. The first kappa shape index (κ1) is 13.6. The standard InChI is InChI=1S/C11H15N.C6H5N3/c1-3-7-11(8-4-1)12-9-5-2-6-10-12;1-2-5-6(7-3-1)9-4-8-5/h1,3-4,7-8H,2,5-6,9-10H2;1-4H,(H,7,8,9). The zero-order chi connectivity index (χ0) is 14.3. The van der Waals surface area contributed by atoms with Crippen LogP contribution in [-0.4, -0.2) is 28.0 Å². The van der Waals surface area contributed by atoms with E-state index in [0.29, 0.717) is 0 Å². The van der Waals surface area contributed by atoms with Crippen LogP contribution >= 0.6 is 0 Å². The molecule has 0 saturated carbocycles. The third-order valence-corrected chi connectivity index (χ3v) is 3.67. The van der Waals surface area contributed by atoms with Gasteiger partial charge in [0.15, 0.2) is 5.65 Å². The largest absolute Gasteiger partial charge is 0.372 e. The fraction of sp³-hybridized carbons (Fsp3) is 0.294. The number of piperidine rings is 1. The van der Waals surface area contributed by atoms with Gasteiger partial charge in [0, 0.05) is 25.0 Å². The maximum atomic E-state index is 4.00. The lowest BCUT2D eigenvalue weighted by molar-refractivity contribution is 0.578. The smallest absolute Gasteiger partial charge is 0.177 e. The lowest BCUT2D eigenvalue weighted by Crippen LogP contribution is -2.29. The number of para-hydroxylation sites is 1. The Kier molecular flexibility index (Phi) is 4.46. The highest BCUT2D eigenvalue weighted by Gasteiger charge is 2.09. The highest BCUT2D eigenvalue weighted by atomic mass is 15.1. The number of H-pyrrole nitrogens is 1. The lowest BCUT2D eigenvalue weighted by atomic mass is 10.1. The average Bonchev–Trinajstić information content (AvgIpc) is 3.06. The van der Waals surface area contributed by atoms with Crippen LogP contribution in [0.2, 0.25) is 0 Å². The molecule has 0 amide bonds. The summed E-state index contributed by atoms with van der Waals surface area (Å²) < 4.78 is 0. The average molecular weight is 280 g/mol. The second-order valence-electron chi connectivity index (χ2n) is 5.16. The Labute approximate surface area is 124 Å². The summed E-state index contributed by atoms with van der Waals surface area (Å²) in [6, 6.07) is 14.5. The van der Waals surface area contributed by atoms with Crippen LogP contribution in [-0.2, 0) is 0 Å². The van der Waals surface area contributed by atoms with Crippen LogP contribution in [0.25, 0.3) is 11.2 Å². The Morgan fingerprint density at radius 1 is 0.857 bits per heavy atom. The Morgan fingerprint density at radius 2 is 1.67 bits per heavy atom. The summed E-state index contributed by atoms with van der Waals surface area (Å²) in [6.45, 7) is 2.48. The maximum Gasteiger partial charge on any atom is 0.177 e. The molecule has 1 fully saturated rings. The van der Waals surface area contributed by atoms with Gasteiger partial charge in [0.25, 0.3) is 0 Å². The van der Waals surface area contributed by atoms with Crippen LogP contribution < -0.4 is 4.90 Å². The Bertz CT molecular complexity index is 626. The molecule has 3 heterocycles. The van der Waals surface area contributed by atoms with Crippen LogP contribution in [0, 0.1) is 0 Å². The van der Waals surface area contributed by atoms with Crippen molar-refractivity contribution in [3.8, 4) is 0 Å². The van der Waals surface area contributed by atoms with E-state index in [1.54, 1.807) is 12.5 Å². The lowest BCUT2D eigenvalue weighted by Gasteiger charge is -2.28. The van der Waals surface area contributed by atoms with Crippen molar-refractivity contribution < 1.29 is 0 Å². The van der Waals surface area contributed by atoms with Gasteiger partial charge in [-0.2, -0.15) is 0 Å². The number of pyridine rings is 1. The zero-order valence-corrected chi connectivity index (χ0v) is 12.1. The number of hydrogen-bond acceptors (Lipinski definition) is 3. The number of nitrogens with one attached hydrogen (secondary N) is 1. The molecule has 2 aromatic heterocycles. The van der Waals surface area contributed by atoms with Crippen LogP contribution in [0.3, 0.4) is 0 Å². The summed E-state index contributed by atoms with van der Waals surface area (Å²) in [6.07, 6.45) is 7.48. The third-order valence-electron chi connectivity index (χ3n) is 3.67. The summed E-state index contributed by atoms with van der Waals surface area (Å²) in [5.41, 5.74) is 3.15. The van der Waals surface area contributed by atoms with E-state index in [4.69, 9.17) is 0 Å². The Hall–Kier alpha value is -2.36. The number of aromatic amines is 1. The van der Waals surface area contributed by atoms with Gasteiger partial charge in [-0.05, 0) is 43.5 Å². The van der Waals surface area contributed by atoms with E-state index in [1.165, 1.54) is 38.0 Å². The van der Waals surface area contributed by atoms with Crippen molar-refractivity contribution in [2.75, 3.05) is 18.0 Å². The summed E-state index contributed by atoms with van der Waals surface area (Å²) in [5, 5.41) is 0. The molecule has 4 rings (SSSR count). The predicted molar refractivity (Wildman–Crippen MR) is 86.4 cm³/mol. The highest BCUT2D eigenvalue weighted by molar-refractivity contribution is 5.68. The van der Waals surface area contributed by atoms with Gasteiger partial charge in [-0.1, -0.05) is 18.2 Å². The third kappa shape index (κ3) is 3.60. The molecule has 0 atom stereocenters. The quantitative estimate of drug-likeness (QED) is 0.740. The van der Waals surface area contributed by atoms with Crippen molar-refractivity contribution in [2.24, 2.45) is 0 Å². The predicted octanol–water partition coefficient (Wildman–Crippen LogP) is 3.63. The number of anilines is 1. The fourth-order valence-corrected chi connectivity index (χ4v) is 2.57. The van der Waals surface area contributed by atoms with E-state index < -0.39 is 0 Å². The molecule has 1 N–H and O–H groups in total. The molecule has 4 heteroatoms. The zero-order valence-electron chi connectivity index (χ0n) is 12.1. The van der Waals surface area contributed by atoms with Crippen LogP contribution in [0.15, 0.2) is 55.0 Å². The van der Waals surface area contributed by atoms with E-state index in [2.05, 4.69) is 50.2 Å². The Morgan fingerprint density at radius 3 is 2.43 bits per heavy atom. The van der Waals surface area contributed by atoms with Gasteiger partial charge in [-0.25, -0.2) is 9.97 Å². The van der Waals surface area contributed by atoms with Gasteiger partial charge >= 0.3 is 0 Å². The maximum absolute atomic E-state index is 4.00. The van der Waals surface area contributed by atoms with Crippen molar-refractivity contribution in [3.63, 3.8) is 0 Å². The second-order valence-corrected chi connectivity index (χ2v) is 5.16. The van der Waals surface area contributed by atoms with Gasteiger partial charge in [-0.15, -0.1) is 0 Å². The minimum Gasteiger partial charge on any atom is -0.372 e. The molecule has 21 heavy (non-hydrogen) atoms. The first-order valence-electron chi connectivity index (χ1n) is 7.47. The van der Waals surface area contributed by atoms with Crippen molar-refractivity contribution >= 4 is 16.9 Å². The van der Waals surface area contributed by atoms with Crippen molar-refractivity contribution in [2.45, 2.75) is 19.3 Å². The summed E-state index contributed by atoms with van der Waals surface area (Å²) in [4.78, 5) is 13.4. The molecule has 0 aliphatic carbocycles. The second kappa shape index (κ2) is 6.88. The van der Waals surface area contributed by atoms with Gasteiger partial charge in [-0.3, -0.25) is 0 Å². The monoisotopic (exact) mass is 280 g/mol. The van der Waals surface area contributed by atoms with Crippen LogP contribution in [0.1, 0.15) is 19.3 Å². The molecule has 0 radical (unpaired) electrons. The Balaban J connectivity index is 0.000000131. The number of rotatable bonds is 1. The number of benzene rings is 1.